The van der Waals surface area contributed by atoms with Crippen LogP contribution in [-0.2, 0) is 9.13 Å². The molecule has 0 saturated carbocycles. The Balaban J connectivity index is 1.28. The van der Waals surface area contributed by atoms with Gasteiger partial charge < -0.3 is 9.13 Å². The van der Waals surface area contributed by atoms with Gasteiger partial charge in [-0.05, 0) is 12.8 Å². The molecule has 0 aliphatic carbocycles. The van der Waals surface area contributed by atoms with Gasteiger partial charge in [0.2, 0.25) is 0 Å². The summed E-state index contributed by atoms with van der Waals surface area (Å²) in [4.78, 5) is 0. The van der Waals surface area contributed by atoms with Crippen LogP contribution in [0.1, 0.15) is 38.5 Å². The van der Waals surface area contributed by atoms with E-state index in [0.29, 0.717) is 12.3 Å². The summed E-state index contributed by atoms with van der Waals surface area (Å²) in [6.45, 7) is 0. The fourth-order valence-electron chi connectivity index (χ4n) is 4.87. The number of benzene rings is 4. The van der Waals surface area contributed by atoms with Crippen molar-refractivity contribution < 1.29 is 9.13 Å². The molecular weight excluding hydrogens is 478 g/mol. The zero-order chi connectivity index (χ0) is 25.1. The average molecular weight is 515 g/mol. The first-order valence-electron chi connectivity index (χ1n) is 13.0. The molecular formula is C32H36O2P2. The van der Waals surface area contributed by atoms with Gasteiger partial charge in [0.1, 0.15) is 14.3 Å². The van der Waals surface area contributed by atoms with Crippen molar-refractivity contribution in [1.29, 1.82) is 0 Å². The smallest absolute Gasteiger partial charge is 0.143 e. The van der Waals surface area contributed by atoms with E-state index < -0.39 is 14.3 Å². The zero-order valence-corrected chi connectivity index (χ0v) is 22.7. The van der Waals surface area contributed by atoms with Gasteiger partial charge in [0.05, 0.1) is 0 Å². The van der Waals surface area contributed by atoms with Crippen molar-refractivity contribution in [3.63, 3.8) is 0 Å². The molecule has 0 spiro atoms. The Hall–Kier alpha value is -2.66. The molecule has 0 saturated heterocycles. The van der Waals surface area contributed by atoms with Crippen molar-refractivity contribution in [2.45, 2.75) is 38.5 Å². The molecule has 4 rings (SSSR count). The van der Waals surface area contributed by atoms with E-state index in [9.17, 15) is 9.13 Å². The van der Waals surface area contributed by atoms with E-state index in [1.165, 1.54) is 0 Å². The standard InChI is InChI=1S/C32H36O2P2/c33-35(29-19-9-5-10-20-29,30-21-11-6-12-22-30)27-17-3-1-2-4-18-28-36(34,31-23-13-7-14-24-31)32-25-15-8-16-26-32/h5-16,19-26H,1-4,17-18,27-28H2. The van der Waals surface area contributed by atoms with E-state index >= 15 is 0 Å². The van der Waals surface area contributed by atoms with Crippen LogP contribution < -0.4 is 21.2 Å². The Morgan fingerprint density at radius 2 is 0.556 bits per heavy atom. The maximum atomic E-state index is 14.1. The van der Waals surface area contributed by atoms with Crippen LogP contribution in [0.5, 0.6) is 0 Å². The first-order chi connectivity index (χ1) is 17.6. The number of unbranched alkanes of at least 4 members (excludes halogenated alkanes) is 5. The average Bonchev–Trinajstić information content (AvgIpc) is 2.96. The summed E-state index contributed by atoms with van der Waals surface area (Å²) in [7, 11) is -5.23. The lowest BCUT2D eigenvalue weighted by Crippen LogP contribution is -2.18. The third kappa shape index (κ3) is 6.56. The predicted molar refractivity (Wildman–Crippen MR) is 157 cm³/mol. The minimum Gasteiger partial charge on any atom is -0.314 e. The van der Waals surface area contributed by atoms with E-state index in [1.54, 1.807) is 0 Å². The summed E-state index contributed by atoms with van der Waals surface area (Å²) in [6.07, 6.45) is 7.68. The maximum Gasteiger partial charge on any atom is 0.143 e. The Morgan fingerprint density at radius 3 is 0.806 bits per heavy atom. The summed E-state index contributed by atoms with van der Waals surface area (Å²) in [6, 6.07) is 39.8. The Morgan fingerprint density at radius 1 is 0.333 bits per heavy atom. The van der Waals surface area contributed by atoms with Crippen molar-refractivity contribution in [1.82, 2.24) is 0 Å². The second-order valence-corrected chi connectivity index (χ2v) is 15.3. The van der Waals surface area contributed by atoms with E-state index in [0.717, 1.165) is 59.7 Å². The zero-order valence-electron chi connectivity index (χ0n) is 20.9. The molecule has 4 heteroatoms. The lowest BCUT2D eigenvalue weighted by Gasteiger charge is -2.20. The van der Waals surface area contributed by atoms with Crippen molar-refractivity contribution in [3.8, 4) is 0 Å². The third-order valence-electron chi connectivity index (χ3n) is 6.89. The summed E-state index contributed by atoms with van der Waals surface area (Å²) in [5, 5.41) is 3.81. The van der Waals surface area contributed by atoms with Gasteiger partial charge in [-0.3, -0.25) is 0 Å². The monoisotopic (exact) mass is 514 g/mol. The molecule has 186 valence electrons. The second kappa shape index (κ2) is 13.0. The molecule has 0 heterocycles. The van der Waals surface area contributed by atoms with Crippen LogP contribution in [0.2, 0.25) is 0 Å². The highest BCUT2D eigenvalue weighted by molar-refractivity contribution is 7.79. The predicted octanol–water partition coefficient (Wildman–Crippen LogP) is 7.36. The van der Waals surface area contributed by atoms with Gasteiger partial charge in [-0.2, -0.15) is 0 Å². The van der Waals surface area contributed by atoms with Gasteiger partial charge in [0, 0.05) is 33.5 Å². The normalized spacial score (nSPS) is 11.9. The number of rotatable bonds is 13. The summed E-state index contributed by atoms with van der Waals surface area (Å²) in [5.41, 5.74) is 0. The summed E-state index contributed by atoms with van der Waals surface area (Å²) >= 11 is 0. The van der Waals surface area contributed by atoms with Gasteiger partial charge in [0.15, 0.2) is 0 Å². The van der Waals surface area contributed by atoms with Gasteiger partial charge in [-0.1, -0.05) is 147 Å². The molecule has 0 unspecified atom stereocenters. The van der Waals surface area contributed by atoms with Gasteiger partial charge in [-0.15, -0.1) is 0 Å². The summed E-state index contributed by atoms with van der Waals surface area (Å²) in [5.74, 6) is 0. The third-order valence-corrected chi connectivity index (χ3v) is 13.3. The van der Waals surface area contributed by atoms with Crippen molar-refractivity contribution in [3.05, 3.63) is 121 Å². The number of hydrogen-bond acceptors (Lipinski definition) is 2. The fourth-order valence-corrected chi connectivity index (χ4v) is 10.4. The van der Waals surface area contributed by atoms with Gasteiger partial charge in [-0.25, -0.2) is 0 Å². The fraction of sp³-hybridized carbons (Fsp3) is 0.250. The minimum absolute atomic E-state index is 0.707. The highest BCUT2D eigenvalue weighted by Crippen LogP contribution is 2.45. The molecule has 0 radical (unpaired) electrons. The van der Waals surface area contributed by atoms with Crippen LogP contribution in [0.3, 0.4) is 0 Å². The molecule has 0 atom stereocenters. The molecule has 4 aromatic carbocycles. The Bertz CT molecular complexity index is 1080. The Labute approximate surface area is 216 Å². The SMILES string of the molecule is O=P(CCCCCCCCP(=O)(c1ccccc1)c1ccccc1)(c1ccccc1)c1ccccc1. The Kier molecular flexibility index (Phi) is 9.57. The highest BCUT2D eigenvalue weighted by atomic mass is 31.2. The van der Waals surface area contributed by atoms with Crippen LogP contribution in [-0.4, -0.2) is 12.3 Å². The van der Waals surface area contributed by atoms with Crippen molar-refractivity contribution >= 4 is 35.5 Å². The molecule has 0 fully saturated rings. The molecule has 0 amide bonds. The lowest BCUT2D eigenvalue weighted by atomic mass is 10.1. The van der Waals surface area contributed by atoms with E-state index in [2.05, 4.69) is 0 Å². The van der Waals surface area contributed by atoms with E-state index in [4.69, 9.17) is 0 Å². The number of hydrogen-bond donors (Lipinski definition) is 0. The van der Waals surface area contributed by atoms with Crippen molar-refractivity contribution in [2.24, 2.45) is 0 Å². The topological polar surface area (TPSA) is 34.1 Å². The molecule has 4 aromatic rings. The van der Waals surface area contributed by atoms with Gasteiger partial charge in [0.25, 0.3) is 0 Å². The molecule has 0 aromatic heterocycles. The van der Waals surface area contributed by atoms with E-state index in [1.807, 2.05) is 121 Å². The lowest BCUT2D eigenvalue weighted by molar-refractivity contribution is 0.575. The summed E-state index contributed by atoms with van der Waals surface area (Å²) < 4.78 is 28.2. The molecule has 0 aliphatic heterocycles. The van der Waals surface area contributed by atoms with Crippen LogP contribution in [0.4, 0.5) is 0 Å². The second-order valence-electron chi connectivity index (χ2n) is 9.39. The van der Waals surface area contributed by atoms with Crippen LogP contribution in [0.25, 0.3) is 0 Å². The molecule has 36 heavy (non-hydrogen) atoms. The first-order valence-corrected chi connectivity index (χ1v) is 16.8. The minimum atomic E-state index is -2.61. The van der Waals surface area contributed by atoms with Crippen LogP contribution in [0, 0.1) is 0 Å². The largest absolute Gasteiger partial charge is 0.314 e. The molecule has 2 nitrogen and oxygen atoms in total. The van der Waals surface area contributed by atoms with Crippen LogP contribution in [0.15, 0.2) is 121 Å². The molecule has 0 N–H and O–H groups in total. The quantitative estimate of drug-likeness (QED) is 0.138. The maximum absolute atomic E-state index is 14.1. The van der Waals surface area contributed by atoms with E-state index in [-0.39, 0.29) is 0 Å². The van der Waals surface area contributed by atoms with Gasteiger partial charge >= 0.3 is 0 Å². The molecule has 0 bridgehead atoms. The first kappa shape index (κ1) is 26.4. The molecule has 0 aliphatic rings. The van der Waals surface area contributed by atoms with Crippen LogP contribution >= 0.6 is 14.3 Å². The van der Waals surface area contributed by atoms with Crippen molar-refractivity contribution in [2.75, 3.05) is 12.3 Å². The highest BCUT2D eigenvalue weighted by Gasteiger charge is 2.27.